The molecule has 2 heterocycles. The zero-order valence-electron chi connectivity index (χ0n) is 21.4. The topological polar surface area (TPSA) is 83.2 Å². The first-order valence-electron chi connectivity index (χ1n) is 11.2. The smallest absolute Gasteiger partial charge is 0.490 e. The van der Waals surface area contributed by atoms with E-state index in [9.17, 15) is 4.79 Å². The highest BCUT2D eigenvalue weighted by Crippen LogP contribution is 2.39. The number of ether oxygens (including phenoxy) is 2. The molecule has 1 aromatic carbocycles. The maximum absolute atomic E-state index is 12.1. The van der Waals surface area contributed by atoms with E-state index in [0.29, 0.717) is 24.5 Å². The van der Waals surface area contributed by atoms with Crippen LogP contribution in [0.2, 0.25) is 0 Å². The largest absolute Gasteiger partial charge is 0.495 e. The predicted octanol–water partition coefficient (Wildman–Crippen LogP) is 5.53. The molecule has 9 heteroatoms. The van der Waals surface area contributed by atoms with Crippen LogP contribution in [0.4, 0.5) is 10.5 Å². The molecule has 2 N–H and O–H groups in total. The van der Waals surface area contributed by atoms with E-state index in [2.05, 4.69) is 15.9 Å². The van der Waals surface area contributed by atoms with Crippen LogP contribution in [0.15, 0.2) is 28.2 Å². The normalized spacial score (nSPS) is 19.4. The van der Waals surface area contributed by atoms with Gasteiger partial charge in [0.05, 0.1) is 24.0 Å². The highest BCUT2D eigenvalue weighted by atomic mass is 79.9. The van der Waals surface area contributed by atoms with Crippen molar-refractivity contribution in [3.63, 3.8) is 0 Å². The van der Waals surface area contributed by atoms with Crippen molar-refractivity contribution in [2.75, 3.05) is 25.9 Å². The maximum atomic E-state index is 12.1. The van der Waals surface area contributed by atoms with Crippen LogP contribution in [0.1, 0.15) is 60.5 Å². The quantitative estimate of drug-likeness (QED) is 0.404. The van der Waals surface area contributed by atoms with E-state index in [1.807, 2.05) is 73.6 Å². The van der Waals surface area contributed by atoms with Crippen LogP contribution in [-0.4, -0.2) is 55.1 Å². The summed E-state index contributed by atoms with van der Waals surface area (Å²) in [4.78, 5) is 13.8. The Balaban J connectivity index is 0.000000294. The Hall–Kier alpha value is -1.71. The zero-order chi connectivity index (χ0) is 25.2. The van der Waals surface area contributed by atoms with Gasteiger partial charge in [0.15, 0.2) is 0 Å². The molecule has 33 heavy (non-hydrogen) atoms. The van der Waals surface area contributed by atoms with Crippen molar-refractivity contribution >= 4 is 34.8 Å². The highest BCUT2D eigenvalue weighted by Gasteiger charge is 2.52. The molecular weight excluding hydrogens is 487 g/mol. The fraction of sp³-hybridized carbons (Fsp3) is 0.625. The summed E-state index contributed by atoms with van der Waals surface area (Å²) in [5, 5.41) is 0. The fourth-order valence-electron chi connectivity index (χ4n) is 3.25. The van der Waals surface area contributed by atoms with Gasteiger partial charge in [-0.1, -0.05) is 22.0 Å². The molecular formula is C24H38BBrN2O5. The lowest BCUT2D eigenvalue weighted by atomic mass is 9.75. The molecule has 3 rings (SSSR count). The third-order valence-electron chi connectivity index (χ3n) is 5.96. The summed E-state index contributed by atoms with van der Waals surface area (Å²) in [6, 6.07) is 3.74. The number of carbonyl (C=O) groups is 1. The van der Waals surface area contributed by atoms with E-state index >= 15 is 0 Å². The van der Waals surface area contributed by atoms with Gasteiger partial charge in [0.25, 0.3) is 0 Å². The number of nitrogens with zero attached hydrogens (tertiary/aromatic N) is 1. The van der Waals surface area contributed by atoms with Crippen LogP contribution in [0, 0.1) is 6.92 Å². The monoisotopic (exact) mass is 524 g/mol. The van der Waals surface area contributed by atoms with E-state index in [-0.39, 0.29) is 24.4 Å². The van der Waals surface area contributed by atoms with E-state index in [1.54, 1.807) is 12.0 Å². The van der Waals surface area contributed by atoms with Gasteiger partial charge in [0.1, 0.15) is 11.4 Å². The molecule has 0 radical (unpaired) electrons. The Morgan fingerprint density at radius 3 is 2.21 bits per heavy atom. The molecule has 2 aliphatic heterocycles. The SMILES string of the molecule is CC(C)(C)OC(=O)N1CC=C(B2OC(C)(C)C(C)(C)O2)CC1.COc1cc(Br)c(C)cc1N. The molecule has 2 aliphatic rings. The standard InChI is InChI=1S/C16H28BNO4.C8H10BrNO/c1-14(2,3)20-13(19)18-10-8-12(9-11-18)17-21-15(4,5)16(6,7)22-17;1-5-3-7(10)8(11-2)4-6(5)9/h8H,9-11H2,1-7H3;3-4H,10H2,1-2H3. The Bertz CT molecular complexity index is 880. The molecule has 0 aromatic heterocycles. The number of nitrogen functional groups attached to an aromatic ring is 1. The van der Waals surface area contributed by atoms with Crippen LogP contribution in [0.25, 0.3) is 0 Å². The second kappa shape index (κ2) is 10.3. The zero-order valence-corrected chi connectivity index (χ0v) is 23.0. The third-order valence-corrected chi connectivity index (χ3v) is 6.82. The lowest BCUT2D eigenvalue weighted by molar-refractivity contribution is 0.00578. The summed E-state index contributed by atoms with van der Waals surface area (Å²) in [6.45, 7) is 17.0. The van der Waals surface area contributed by atoms with Gasteiger partial charge in [-0.15, -0.1) is 0 Å². The number of anilines is 1. The molecule has 1 saturated heterocycles. The lowest BCUT2D eigenvalue weighted by Gasteiger charge is -2.32. The van der Waals surface area contributed by atoms with Crippen LogP contribution in [0.5, 0.6) is 5.75 Å². The Labute approximate surface area is 207 Å². The van der Waals surface area contributed by atoms with Gasteiger partial charge in [-0.05, 0) is 85.0 Å². The van der Waals surface area contributed by atoms with Crippen molar-refractivity contribution in [1.29, 1.82) is 0 Å². The van der Waals surface area contributed by atoms with Crippen molar-refractivity contribution in [1.82, 2.24) is 4.90 Å². The van der Waals surface area contributed by atoms with Crippen molar-refractivity contribution < 1.29 is 23.6 Å². The van der Waals surface area contributed by atoms with Crippen LogP contribution < -0.4 is 10.5 Å². The molecule has 7 nitrogen and oxygen atoms in total. The molecule has 0 atom stereocenters. The second-order valence-corrected chi connectivity index (χ2v) is 11.2. The fourth-order valence-corrected chi connectivity index (χ4v) is 3.57. The summed E-state index contributed by atoms with van der Waals surface area (Å²) in [5.74, 6) is 0.711. The van der Waals surface area contributed by atoms with Gasteiger partial charge in [-0.2, -0.15) is 0 Å². The molecule has 1 fully saturated rings. The average Bonchev–Trinajstić information content (AvgIpc) is 2.91. The summed E-state index contributed by atoms with van der Waals surface area (Å²) >= 11 is 3.39. The van der Waals surface area contributed by atoms with Gasteiger partial charge in [-0.25, -0.2) is 4.79 Å². The van der Waals surface area contributed by atoms with Gasteiger partial charge in [0.2, 0.25) is 0 Å². The number of hydrogen-bond acceptors (Lipinski definition) is 6. The molecule has 0 bridgehead atoms. The number of carbonyl (C=O) groups excluding carboxylic acids is 1. The first-order chi connectivity index (χ1) is 15.1. The minimum absolute atomic E-state index is 0.267. The van der Waals surface area contributed by atoms with Crippen LogP contribution >= 0.6 is 15.9 Å². The lowest BCUT2D eigenvalue weighted by Crippen LogP contribution is -2.41. The van der Waals surface area contributed by atoms with E-state index in [1.165, 1.54) is 0 Å². The van der Waals surface area contributed by atoms with Crippen molar-refractivity contribution in [2.45, 2.75) is 78.6 Å². The minimum Gasteiger partial charge on any atom is -0.495 e. The van der Waals surface area contributed by atoms with E-state index in [0.717, 1.165) is 21.9 Å². The number of hydrogen-bond donors (Lipinski definition) is 1. The van der Waals surface area contributed by atoms with Gasteiger partial charge < -0.3 is 29.4 Å². The molecule has 0 spiro atoms. The summed E-state index contributed by atoms with van der Waals surface area (Å²) in [7, 11) is 1.29. The first-order valence-corrected chi connectivity index (χ1v) is 12.0. The first kappa shape index (κ1) is 27.5. The number of amides is 1. The van der Waals surface area contributed by atoms with E-state index in [4.69, 9.17) is 24.5 Å². The predicted molar refractivity (Wildman–Crippen MR) is 136 cm³/mol. The van der Waals surface area contributed by atoms with Crippen molar-refractivity contribution in [3.05, 3.63) is 33.7 Å². The van der Waals surface area contributed by atoms with Gasteiger partial charge in [-0.3, -0.25) is 0 Å². The van der Waals surface area contributed by atoms with Crippen LogP contribution in [0.3, 0.4) is 0 Å². The van der Waals surface area contributed by atoms with E-state index < -0.39 is 5.60 Å². The molecule has 1 aromatic rings. The molecule has 1 amide bonds. The number of rotatable bonds is 2. The Morgan fingerprint density at radius 2 is 1.76 bits per heavy atom. The maximum Gasteiger partial charge on any atom is 0.490 e. The van der Waals surface area contributed by atoms with Crippen LogP contribution in [-0.2, 0) is 14.0 Å². The molecule has 0 saturated carbocycles. The number of methoxy groups -OCH3 is 1. The molecule has 0 aliphatic carbocycles. The minimum atomic E-state index is -0.465. The summed E-state index contributed by atoms with van der Waals surface area (Å²) in [6.07, 6.45) is 2.50. The summed E-state index contributed by atoms with van der Waals surface area (Å²) in [5.41, 5.74) is 7.42. The number of aryl methyl sites for hydroxylation is 1. The van der Waals surface area contributed by atoms with Gasteiger partial charge >= 0.3 is 13.2 Å². The molecule has 0 unspecified atom stereocenters. The van der Waals surface area contributed by atoms with Crippen molar-refractivity contribution in [2.24, 2.45) is 0 Å². The Morgan fingerprint density at radius 1 is 1.18 bits per heavy atom. The highest BCUT2D eigenvalue weighted by molar-refractivity contribution is 9.10. The summed E-state index contributed by atoms with van der Waals surface area (Å²) < 4.78 is 23.6. The van der Waals surface area contributed by atoms with Gasteiger partial charge in [0, 0.05) is 17.6 Å². The number of nitrogens with two attached hydrogens (primary N) is 1. The van der Waals surface area contributed by atoms with Crippen molar-refractivity contribution in [3.8, 4) is 5.75 Å². The number of halogens is 1. The molecule has 184 valence electrons. The third kappa shape index (κ3) is 7.14. The average molecular weight is 525 g/mol. The second-order valence-electron chi connectivity index (χ2n) is 10.4. The Kier molecular flexibility index (Phi) is 8.58. The number of benzene rings is 1.